The van der Waals surface area contributed by atoms with Crippen molar-refractivity contribution in [1.82, 2.24) is 20.9 Å². The molecule has 0 spiro atoms. The summed E-state index contributed by atoms with van der Waals surface area (Å²) in [6, 6.07) is 7.40. The average Bonchev–Trinajstić information content (AvgIpc) is 2.66. The van der Waals surface area contributed by atoms with Crippen LogP contribution in [0, 0.1) is 12.3 Å². The number of amides is 4. The molecule has 1 aliphatic rings. The number of aryl methyl sites for hydroxylation is 1. The van der Waals surface area contributed by atoms with Crippen molar-refractivity contribution in [1.29, 1.82) is 0 Å². The summed E-state index contributed by atoms with van der Waals surface area (Å²) in [5, 5.41) is 8.51. The van der Waals surface area contributed by atoms with E-state index in [2.05, 4.69) is 16.0 Å². The molecule has 3 N–H and O–H groups in total. The summed E-state index contributed by atoms with van der Waals surface area (Å²) in [6.45, 7) is 6.92. The van der Waals surface area contributed by atoms with Gasteiger partial charge in [0.2, 0.25) is 5.91 Å². The number of hydrogen-bond acceptors (Lipinski definition) is 3. The van der Waals surface area contributed by atoms with Gasteiger partial charge in [-0.2, -0.15) is 0 Å². The first-order chi connectivity index (χ1) is 12.7. The first kappa shape index (κ1) is 20.7. The maximum Gasteiger partial charge on any atom is 0.317 e. The van der Waals surface area contributed by atoms with E-state index in [0.29, 0.717) is 31.5 Å². The Balaban J connectivity index is 1.79. The normalized spacial score (nSPS) is 15.2. The average molecular weight is 374 g/mol. The molecular formula is C20H30N4O3. The minimum absolute atomic E-state index is 0.0588. The van der Waals surface area contributed by atoms with Gasteiger partial charge in [-0.1, -0.05) is 18.2 Å². The van der Waals surface area contributed by atoms with Gasteiger partial charge in [-0.25, -0.2) is 4.79 Å². The third kappa shape index (κ3) is 5.45. The van der Waals surface area contributed by atoms with Gasteiger partial charge in [0.05, 0.1) is 5.41 Å². The van der Waals surface area contributed by atoms with E-state index >= 15 is 0 Å². The standard InChI is InChI=1S/C20H30N4O3/c1-14-7-5-6-8-16(14)17(25)23-15-9-11-24(12-10-15)19(27)22-13-20(2,3)18(26)21-4/h5-8,15H,9-13H2,1-4H3,(H,21,26)(H,22,27)(H,23,25). The first-order valence-electron chi connectivity index (χ1n) is 9.36. The Kier molecular flexibility index (Phi) is 6.82. The maximum atomic E-state index is 12.4. The van der Waals surface area contributed by atoms with Crippen molar-refractivity contribution in [3.05, 3.63) is 35.4 Å². The van der Waals surface area contributed by atoms with Crippen molar-refractivity contribution in [2.45, 2.75) is 39.7 Å². The van der Waals surface area contributed by atoms with Crippen LogP contribution >= 0.6 is 0 Å². The molecule has 1 aliphatic heterocycles. The van der Waals surface area contributed by atoms with Crippen molar-refractivity contribution in [2.24, 2.45) is 5.41 Å². The maximum absolute atomic E-state index is 12.4. The van der Waals surface area contributed by atoms with Crippen LogP contribution in [0.5, 0.6) is 0 Å². The molecule has 2 rings (SSSR count). The van der Waals surface area contributed by atoms with Crippen molar-refractivity contribution in [3.63, 3.8) is 0 Å². The molecule has 1 fully saturated rings. The molecule has 1 saturated heterocycles. The number of likely N-dealkylation sites (tertiary alicyclic amines) is 1. The zero-order valence-electron chi connectivity index (χ0n) is 16.6. The molecule has 0 aromatic heterocycles. The molecule has 4 amide bonds. The van der Waals surface area contributed by atoms with Gasteiger partial charge >= 0.3 is 6.03 Å². The van der Waals surface area contributed by atoms with Crippen LogP contribution in [0.15, 0.2) is 24.3 Å². The number of piperidine rings is 1. The smallest absolute Gasteiger partial charge is 0.317 e. The summed E-state index contributed by atoms with van der Waals surface area (Å²) in [5.41, 5.74) is 0.976. The van der Waals surface area contributed by atoms with Gasteiger partial charge < -0.3 is 20.9 Å². The van der Waals surface area contributed by atoms with Crippen LogP contribution in [0.3, 0.4) is 0 Å². The molecule has 0 unspecified atom stereocenters. The van der Waals surface area contributed by atoms with Crippen LogP contribution in [0.25, 0.3) is 0 Å². The zero-order valence-corrected chi connectivity index (χ0v) is 16.6. The molecular weight excluding hydrogens is 344 g/mol. The number of benzene rings is 1. The van der Waals surface area contributed by atoms with Crippen LogP contribution in [0.2, 0.25) is 0 Å². The number of rotatable bonds is 5. The Labute approximate surface area is 160 Å². The molecule has 148 valence electrons. The van der Waals surface area contributed by atoms with E-state index in [4.69, 9.17) is 0 Å². The van der Waals surface area contributed by atoms with Gasteiger partial charge in [0, 0.05) is 38.3 Å². The van der Waals surface area contributed by atoms with E-state index in [9.17, 15) is 14.4 Å². The third-order valence-corrected chi connectivity index (χ3v) is 5.03. The van der Waals surface area contributed by atoms with Crippen LogP contribution in [-0.2, 0) is 4.79 Å². The van der Waals surface area contributed by atoms with Gasteiger partial charge in [-0.15, -0.1) is 0 Å². The fourth-order valence-electron chi connectivity index (χ4n) is 3.14. The number of carbonyl (C=O) groups excluding carboxylic acids is 3. The monoisotopic (exact) mass is 374 g/mol. The van der Waals surface area contributed by atoms with E-state index in [1.165, 1.54) is 0 Å². The number of nitrogens with one attached hydrogen (secondary N) is 3. The van der Waals surface area contributed by atoms with Gasteiger partial charge in [-0.05, 0) is 45.2 Å². The van der Waals surface area contributed by atoms with E-state index in [0.717, 1.165) is 5.56 Å². The predicted molar refractivity (Wildman–Crippen MR) is 104 cm³/mol. The molecule has 0 bridgehead atoms. The first-order valence-corrected chi connectivity index (χ1v) is 9.36. The number of hydrogen-bond donors (Lipinski definition) is 3. The number of carbonyl (C=O) groups is 3. The molecule has 1 aromatic rings. The van der Waals surface area contributed by atoms with Crippen LogP contribution in [-0.4, -0.2) is 55.5 Å². The fraction of sp³-hybridized carbons (Fsp3) is 0.550. The molecule has 0 atom stereocenters. The zero-order chi connectivity index (χ0) is 20.0. The lowest BCUT2D eigenvalue weighted by Gasteiger charge is -2.33. The third-order valence-electron chi connectivity index (χ3n) is 5.03. The second-order valence-electron chi connectivity index (χ2n) is 7.67. The minimum Gasteiger partial charge on any atom is -0.359 e. The molecule has 7 heteroatoms. The highest BCUT2D eigenvalue weighted by molar-refractivity contribution is 5.95. The molecule has 0 saturated carbocycles. The second kappa shape index (κ2) is 8.88. The van der Waals surface area contributed by atoms with Crippen molar-refractivity contribution >= 4 is 17.8 Å². The molecule has 27 heavy (non-hydrogen) atoms. The summed E-state index contributed by atoms with van der Waals surface area (Å²) in [6.07, 6.45) is 1.42. The van der Waals surface area contributed by atoms with Crippen LogP contribution in [0.1, 0.15) is 42.6 Å². The molecule has 7 nitrogen and oxygen atoms in total. The Morgan fingerprint density at radius 2 is 1.78 bits per heavy atom. The largest absolute Gasteiger partial charge is 0.359 e. The van der Waals surface area contributed by atoms with Gasteiger partial charge in [0.15, 0.2) is 0 Å². The van der Waals surface area contributed by atoms with Crippen molar-refractivity contribution in [3.8, 4) is 0 Å². The minimum atomic E-state index is -0.662. The van der Waals surface area contributed by atoms with Crippen molar-refractivity contribution < 1.29 is 14.4 Å². The van der Waals surface area contributed by atoms with Gasteiger partial charge in [0.1, 0.15) is 0 Å². The summed E-state index contributed by atoms with van der Waals surface area (Å²) < 4.78 is 0. The van der Waals surface area contributed by atoms with Gasteiger partial charge in [0.25, 0.3) is 5.91 Å². The highest BCUT2D eigenvalue weighted by Gasteiger charge is 2.29. The molecule has 1 aromatic carbocycles. The Morgan fingerprint density at radius 3 is 2.37 bits per heavy atom. The topological polar surface area (TPSA) is 90.5 Å². The molecule has 0 radical (unpaired) electrons. The van der Waals surface area contributed by atoms with E-state index in [1.54, 1.807) is 25.8 Å². The lowest BCUT2D eigenvalue weighted by atomic mass is 9.92. The van der Waals surface area contributed by atoms with E-state index in [1.807, 2.05) is 31.2 Å². The summed E-state index contributed by atoms with van der Waals surface area (Å²) >= 11 is 0. The number of urea groups is 1. The molecule has 0 aliphatic carbocycles. The summed E-state index contributed by atoms with van der Waals surface area (Å²) in [5.74, 6) is -0.177. The Morgan fingerprint density at radius 1 is 1.15 bits per heavy atom. The SMILES string of the molecule is CNC(=O)C(C)(C)CNC(=O)N1CCC(NC(=O)c2ccccc2C)CC1. The van der Waals surface area contributed by atoms with Crippen molar-refractivity contribution in [2.75, 3.05) is 26.7 Å². The quantitative estimate of drug-likeness (QED) is 0.732. The van der Waals surface area contributed by atoms with Crippen LogP contribution in [0.4, 0.5) is 4.79 Å². The Bertz CT molecular complexity index is 694. The fourth-order valence-corrected chi connectivity index (χ4v) is 3.14. The van der Waals surface area contributed by atoms with E-state index in [-0.39, 0.29) is 30.4 Å². The van der Waals surface area contributed by atoms with E-state index < -0.39 is 5.41 Å². The predicted octanol–water partition coefficient (Wildman–Crippen LogP) is 1.67. The second-order valence-corrected chi connectivity index (χ2v) is 7.67. The highest BCUT2D eigenvalue weighted by atomic mass is 16.2. The Hall–Kier alpha value is -2.57. The summed E-state index contributed by atoms with van der Waals surface area (Å²) in [7, 11) is 1.59. The highest BCUT2D eigenvalue weighted by Crippen LogP contribution is 2.15. The lowest BCUT2D eigenvalue weighted by Crippen LogP contribution is -2.52. The van der Waals surface area contributed by atoms with Crippen LogP contribution < -0.4 is 16.0 Å². The molecule has 1 heterocycles. The lowest BCUT2D eigenvalue weighted by molar-refractivity contribution is -0.128. The number of nitrogens with zero attached hydrogens (tertiary/aromatic N) is 1. The van der Waals surface area contributed by atoms with Gasteiger partial charge in [-0.3, -0.25) is 9.59 Å². The summed E-state index contributed by atoms with van der Waals surface area (Å²) in [4.78, 5) is 38.3.